The fourth-order valence-corrected chi connectivity index (χ4v) is 3.59. The number of carbonyl (C=O) groups is 2. The van der Waals surface area contributed by atoms with Crippen LogP contribution in [0.2, 0.25) is 10.0 Å². The number of amides is 2. The van der Waals surface area contributed by atoms with Crippen LogP contribution in [0.5, 0.6) is 5.75 Å². The highest BCUT2D eigenvalue weighted by Crippen LogP contribution is 2.27. The van der Waals surface area contributed by atoms with Crippen molar-refractivity contribution in [1.29, 1.82) is 0 Å². The molecule has 0 aliphatic rings. The van der Waals surface area contributed by atoms with E-state index < -0.39 is 6.04 Å². The molecule has 1 unspecified atom stereocenters. The van der Waals surface area contributed by atoms with E-state index in [2.05, 4.69) is 21.2 Å². The second-order valence-electron chi connectivity index (χ2n) is 7.33. The highest BCUT2D eigenvalue weighted by atomic mass is 79.9. The largest absolute Gasteiger partial charge is 0.482 e. The molecule has 2 aromatic carbocycles. The Morgan fingerprint density at radius 3 is 2.50 bits per heavy atom. The first-order valence-electron chi connectivity index (χ1n) is 9.57. The fraction of sp³-hybridized carbons (Fsp3) is 0.364. The van der Waals surface area contributed by atoms with E-state index in [1.807, 2.05) is 38.1 Å². The Balaban J connectivity index is 2.15. The lowest BCUT2D eigenvalue weighted by atomic mass is 10.1. The summed E-state index contributed by atoms with van der Waals surface area (Å²) in [5.74, 6) is 0.129. The van der Waals surface area contributed by atoms with Crippen molar-refractivity contribution >= 4 is 50.9 Å². The van der Waals surface area contributed by atoms with Crippen LogP contribution in [0, 0.1) is 5.92 Å². The molecular formula is C22H25BrCl2N2O3. The van der Waals surface area contributed by atoms with Crippen LogP contribution in [0.1, 0.15) is 26.3 Å². The summed E-state index contributed by atoms with van der Waals surface area (Å²) in [6.45, 7) is 6.29. The lowest BCUT2D eigenvalue weighted by Crippen LogP contribution is -2.49. The van der Waals surface area contributed by atoms with Gasteiger partial charge in [0.2, 0.25) is 5.91 Å². The number of halogens is 3. The molecule has 162 valence electrons. The van der Waals surface area contributed by atoms with Crippen LogP contribution in [0.25, 0.3) is 0 Å². The molecule has 1 N–H and O–H groups in total. The number of rotatable bonds is 9. The Hall–Kier alpha value is -1.76. The van der Waals surface area contributed by atoms with Crippen LogP contribution in [0.15, 0.2) is 46.9 Å². The molecule has 5 nitrogen and oxygen atoms in total. The summed E-state index contributed by atoms with van der Waals surface area (Å²) in [4.78, 5) is 27.1. The SMILES string of the molecule is CC(C)CNC(=O)C(C)N(Cc1cccc(Br)c1)C(=O)COc1ccc(Cl)cc1Cl. The van der Waals surface area contributed by atoms with Crippen LogP contribution in [0.3, 0.4) is 0 Å². The van der Waals surface area contributed by atoms with E-state index >= 15 is 0 Å². The predicted molar refractivity (Wildman–Crippen MR) is 124 cm³/mol. The van der Waals surface area contributed by atoms with Gasteiger partial charge in [-0.05, 0) is 48.7 Å². The number of ether oxygens (including phenoxy) is 1. The molecule has 0 heterocycles. The minimum absolute atomic E-state index is 0.212. The molecule has 1 atom stereocenters. The lowest BCUT2D eigenvalue weighted by molar-refractivity contribution is -0.142. The van der Waals surface area contributed by atoms with Crippen molar-refractivity contribution in [3.8, 4) is 5.75 Å². The van der Waals surface area contributed by atoms with Crippen molar-refractivity contribution in [3.63, 3.8) is 0 Å². The highest BCUT2D eigenvalue weighted by molar-refractivity contribution is 9.10. The average Bonchev–Trinajstić information content (AvgIpc) is 2.68. The molecule has 2 rings (SSSR count). The van der Waals surface area contributed by atoms with Gasteiger partial charge in [0.15, 0.2) is 6.61 Å². The molecule has 0 radical (unpaired) electrons. The van der Waals surface area contributed by atoms with Gasteiger partial charge in [-0.2, -0.15) is 0 Å². The molecule has 0 saturated carbocycles. The molecule has 0 aromatic heterocycles. The smallest absolute Gasteiger partial charge is 0.261 e. The quantitative estimate of drug-likeness (QED) is 0.491. The van der Waals surface area contributed by atoms with Gasteiger partial charge in [-0.3, -0.25) is 9.59 Å². The van der Waals surface area contributed by atoms with E-state index in [4.69, 9.17) is 27.9 Å². The summed E-state index contributed by atoms with van der Waals surface area (Å²) in [5, 5.41) is 3.68. The highest BCUT2D eigenvalue weighted by Gasteiger charge is 2.26. The van der Waals surface area contributed by atoms with E-state index in [1.54, 1.807) is 25.1 Å². The summed E-state index contributed by atoms with van der Waals surface area (Å²) in [7, 11) is 0. The van der Waals surface area contributed by atoms with E-state index in [-0.39, 0.29) is 25.0 Å². The van der Waals surface area contributed by atoms with Gasteiger partial charge in [0, 0.05) is 22.6 Å². The predicted octanol–water partition coefficient (Wildman–Crippen LogP) is 5.32. The topological polar surface area (TPSA) is 58.6 Å². The van der Waals surface area contributed by atoms with E-state index in [0.29, 0.717) is 28.3 Å². The molecule has 2 amide bonds. The zero-order valence-corrected chi connectivity index (χ0v) is 20.2. The molecule has 30 heavy (non-hydrogen) atoms. The third kappa shape index (κ3) is 7.49. The van der Waals surface area contributed by atoms with Gasteiger partial charge in [0.1, 0.15) is 11.8 Å². The van der Waals surface area contributed by atoms with E-state index in [1.165, 1.54) is 4.90 Å². The second-order valence-corrected chi connectivity index (χ2v) is 9.09. The molecule has 2 aromatic rings. The number of carbonyl (C=O) groups excluding carboxylic acids is 2. The normalized spacial score (nSPS) is 11.8. The molecule has 0 aliphatic heterocycles. The van der Waals surface area contributed by atoms with Crippen molar-refractivity contribution < 1.29 is 14.3 Å². The Morgan fingerprint density at radius 2 is 1.87 bits per heavy atom. The summed E-state index contributed by atoms with van der Waals surface area (Å²) >= 11 is 15.5. The van der Waals surface area contributed by atoms with Crippen molar-refractivity contribution in [1.82, 2.24) is 10.2 Å². The first kappa shape index (κ1) is 24.5. The molecule has 0 saturated heterocycles. The van der Waals surface area contributed by atoms with Gasteiger partial charge in [-0.1, -0.05) is 65.1 Å². The number of hydrogen-bond donors (Lipinski definition) is 1. The van der Waals surface area contributed by atoms with Gasteiger partial charge in [0.05, 0.1) is 5.02 Å². The van der Waals surface area contributed by atoms with E-state index in [0.717, 1.165) is 10.0 Å². The zero-order chi connectivity index (χ0) is 22.3. The lowest BCUT2D eigenvalue weighted by Gasteiger charge is -2.29. The van der Waals surface area contributed by atoms with Gasteiger partial charge in [-0.15, -0.1) is 0 Å². The van der Waals surface area contributed by atoms with Crippen LogP contribution < -0.4 is 10.1 Å². The van der Waals surface area contributed by atoms with Crippen LogP contribution in [-0.2, 0) is 16.1 Å². The van der Waals surface area contributed by atoms with Crippen LogP contribution >= 0.6 is 39.1 Å². The van der Waals surface area contributed by atoms with Crippen molar-refractivity contribution in [3.05, 3.63) is 62.5 Å². The summed E-state index contributed by atoms with van der Waals surface area (Å²) < 4.78 is 6.50. The van der Waals surface area contributed by atoms with Crippen molar-refractivity contribution in [2.24, 2.45) is 5.92 Å². The Bertz CT molecular complexity index is 892. The molecule has 0 fully saturated rings. The summed E-state index contributed by atoms with van der Waals surface area (Å²) in [5.41, 5.74) is 0.894. The zero-order valence-electron chi connectivity index (χ0n) is 17.1. The van der Waals surface area contributed by atoms with Gasteiger partial charge >= 0.3 is 0 Å². The van der Waals surface area contributed by atoms with Crippen molar-refractivity contribution in [2.45, 2.75) is 33.4 Å². The van der Waals surface area contributed by atoms with Crippen LogP contribution in [0.4, 0.5) is 0 Å². The van der Waals surface area contributed by atoms with Crippen molar-refractivity contribution in [2.75, 3.05) is 13.2 Å². The first-order valence-corrected chi connectivity index (χ1v) is 11.1. The number of hydrogen-bond acceptors (Lipinski definition) is 3. The second kappa shape index (κ2) is 11.6. The minimum Gasteiger partial charge on any atom is -0.482 e. The third-order valence-electron chi connectivity index (χ3n) is 4.34. The maximum atomic E-state index is 13.0. The Labute approximate surface area is 195 Å². The Morgan fingerprint density at radius 1 is 1.13 bits per heavy atom. The number of nitrogens with zero attached hydrogens (tertiary/aromatic N) is 1. The molecule has 8 heteroatoms. The van der Waals surface area contributed by atoms with Gasteiger partial charge in [0.25, 0.3) is 5.91 Å². The summed E-state index contributed by atoms with van der Waals surface area (Å²) in [6.07, 6.45) is 0. The van der Waals surface area contributed by atoms with E-state index in [9.17, 15) is 9.59 Å². The molecule has 0 spiro atoms. The monoisotopic (exact) mass is 514 g/mol. The number of nitrogens with one attached hydrogen (secondary N) is 1. The minimum atomic E-state index is -0.667. The van der Waals surface area contributed by atoms with Crippen LogP contribution in [-0.4, -0.2) is 35.9 Å². The maximum absolute atomic E-state index is 13.0. The third-order valence-corrected chi connectivity index (χ3v) is 5.36. The number of benzene rings is 2. The molecule has 0 bridgehead atoms. The molecular weight excluding hydrogens is 491 g/mol. The van der Waals surface area contributed by atoms with Gasteiger partial charge in [-0.25, -0.2) is 0 Å². The van der Waals surface area contributed by atoms with Gasteiger partial charge < -0.3 is 15.0 Å². The Kier molecular flexibility index (Phi) is 9.46. The average molecular weight is 516 g/mol. The fourth-order valence-electron chi connectivity index (χ4n) is 2.68. The maximum Gasteiger partial charge on any atom is 0.261 e. The first-order chi connectivity index (χ1) is 14.2. The summed E-state index contributed by atoms with van der Waals surface area (Å²) in [6, 6.07) is 11.7. The molecule has 0 aliphatic carbocycles. The standard InChI is InChI=1S/C22H25BrCl2N2O3/c1-14(2)11-26-22(29)15(3)27(12-16-5-4-6-17(23)9-16)21(28)13-30-20-8-7-18(24)10-19(20)25/h4-10,14-15H,11-13H2,1-3H3,(H,26,29).